The summed E-state index contributed by atoms with van der Waals surface area (Å²) in [6.07, 6.45) is 7.02. The number of fused-ring (bicyclic) bond motifs is 1. The van der Waals surface area contributed by atoms with Crippen LogP contribution in [0.1, 0.15) is 11.1 Å². The van der Waals surface area contributed by atoms with E-state index in [4.69, 9.17) is 4.79 Å². The third-order valence-corrected chi connectivity index (χ3v) is 3.53. The highest BCUT2D eigenvalue weighted by atomic mass is 16.1. The molecule has 0 saturated carbocycles. The van der Waals surface area contributed by atoms with Gasteiger partial charge in [-0.3, -0.25) is 9.59 Å². The smallest absolute Gasteiger partial charge is 0.247 e. The maximum Gasteiger partial charge on any atom is 0.247 e. The summed E-state index contributed by atoms with van der Waals surface area (Å²) in [5.74, 6) is -0.0968. The van der Waals surface area contributed by atoms with Crippen LogP contribution >= 0.6 is 0 Å². The van der Waals surface area contributed by atoms with Crippen molar-refractivity contribution in [3.05, 3.63) is 47.1 Å². The summed E-state index contributed by atoms with van der Waals surface area (Å²) >= 11 is 0. The zero-order valence-electron chi connectivity index (χ0n) is 14.0. The molecular weight excluding hydrogens is 306 g/mol. The van der Waals surface area contributed by atoms with Crippen molar-refractivity contribution in [3.63, 3.8) is 0 Å². The van der Waals surface area contributed by atoms with Crippen LogP contribution in [0.2, 0.25) is 0 Å². The summed E-state index contributed by atoms with van der Waals surface area (Å²) in [5.41, 5.74) is 4.14. The third kappa shape index (κ3) is 5.08. The average Bonchev–Trinajstić information content (AvgIpc) is 2.82. The van der Waals surface area contributed by atoms with Gasteiger partial charge in [0.1, 0.15) is 6.79 Å². The number of rotatable bonds is 6. The molecule has 2 N–H and O–H groups in total. The van der Waals surface area contributed by atoms with Gasteiger partial charge in [-0.25, -0.2) is 0 Å². The largest absolute Gasteiger partial charge is 0.377 e. The van der Waals surface area contributed by atoms with Gasteiger partial charge in [0.15, 0.2) is 0 Å². The van der Waals surface area contributed by atoms with Gasteiger partial charge in [-0.05, 0) is 11.6 Å². The topological polar surface area (TPSA) is 78.5 Å². The number of amides is 2. The zero-order chi connectivity index (χ0) is 17.9. The number of carbonyl (C=O) groups is 3. The molecule has 0 fully saturated rings. The van der Waals surface area contributed by atoms with E-state index in [0.717, 1.165) is 22.4 Å². The van der Waals surface area contributed by atoms with Crippen LogP contribution in [-0.4, -0.2) is 46.3 Å². The molecule has 128 valence electrons. The molecule has 0 radical (unpaired) electrons. The predicted molar refractivity (Wildman–Crippen MR) is 95.8 cm³/mol. The van der Waals surface area contributed by atoms with Gasteiger partial charge in [0, 0.05) is 50.4 Å². The molecule has 0 saturated heterocycles. The van der Waals surface area contributed by atoms with Gasteiger partial charge in [0.05, 0.1) is 0 Å². The van der Waals surface area contributed by atoms with Crippen molar-refractivity contribution in [2.45, 2.75) is 6.42 Å². The van der Waals surface area contributed by atoms with Crippen molar-refractivity contribution in [2.75, 3.05) is 32.1 Å². The summed E-state index contributed by atoms with van der Waals surface area (Å²) in [6.45, 7) is 2.85. The number of anilines is 1. The molecule has 24 heavy (non-hydrogen) atoms. The number of nitrogens with one attached hydrogen (secondary N) is 2. The van der Waals surface area contributed by atoms with Crippen LogP contribution in [0.3, 0.4) is 0 Å². The lowest BCUT2D eigenvalue weighted by Gasteiger charge is -2.18. The van der Waals surface area contributed by atoms with E-state index in [1.807, 2.05) is 51.2 Å². The molecule has 1 aromatic carbocycles. The molecule has 1 aromatic rings. The van der Waals surface area contributed by atoms with Gasteiger partial charge in [0.2, 0.25) is 12.3 Å². The number of hydrogen-bond acceptors (Lipinski definition) is 4. The fraction of sp³-hybridized carbons (Fsp3) is 0.278. The first-order chi connectivity index (χ1) is 11.6. The van der Waals surface area contributed by atoms with Gasteiger partial charge < -0.3 is 20.3 Å². The lowest BCUT2D eigenvalue weighted by molar-refractivity contribution is -0.117. The van der Waals surface area contributed by atoms with Crippen LogP contribution in [0, 0.1) is 0 Å². The predicted octanol–water partition coefficient (Wildman–Crippen LogP) is 0.926. The number of hydrogen-bond donors (Lipinski definition) is 2. The Morgan fingerprint density at radius 2 is 2.04 bits per heavy atom. The zero-order valence-corrected chi connectivity index (χ0v) is 14.0. The molecule has 1 aliphatic rings. The van der Waals surface area contributed by atoms with Crippen LogP contribution in [0.25, 0.3) is 6.08 Å². The molecule has 0 aliphatic heterocycles. The van der Waals surface area contributed by atoms with Crippen LogP contribution in [0.15, 0.2) is 35.9 Å². The summed E-state index contributed by atoms with van der Waals surface area (Å²) in [4.78, 5) is 32.4. The Hall–Kier alpha value is -2.89. The summed E-state index contributed by atoms with van der Waals surface area (Å²) in [7, 11) is 4.02. The number of benzene rings is 1. The van der Waals surface area contributed by atoms with E-state index in [1.165, 1.54) is 0 Å². The van der Waals surface area contributed by atoms with Crippen molar-refractivity contribution in [1.82, 2.24) is 10.6 Å². The van der Waals surface area contributed by atoms with Crippen molar-refractivity contribution in [3.8, 4) is 0 Å². The van der Waals surface area contributed by atoms with Crippen LogP contribution < -0.4 is 15.5 Å². The van der Waals surface area contributed by atoms with Crippen LogP contribution in [-0.2, 0) is 20.8 Å². The van der Waals surface area contributed by atoms with Crippen molar-refractivity contribution in [2.24, 2.45) is 0 Å². The maximum absolute atomic E-state index is 12.2. The molecule has 6 heteroatoms. The molecule has 0 spiro atoms. The molecule has 0 unspecified atom stereocenters. The minimum Gasteiger partial charge on any atom is -0.377 e. The van der Waals surface area contributed by atoms with Gasteiger partial charge in [-0.2, -0.15) is 0 Å². The number of allylic oxidation sites excluding steroid dienone is 2. The average molecular weight is 329 g/mol. The Morgan fingerprint density at radius 1 is 1.29 bits per heavy atom. The standard InChI is InChI=1S/C17H21N3O2.CH2O/c1-20(2)16-8-4-5-13-11-14(6-3-7-15(13)16)17(22)19-10-9-18-12-21;1-2/h3-8,12H,9-11H2,1-2H3,(H,18,21)(H,19,22);1H2. The normalized spacial score (nSPS) is 11.8. The summed E-state index contributed by atoms with van der Waals surface area (Å²) in [6, 6.07) is 6.13. The summed E-state index contributed by atoms with van der Waals surface area (Å²) in [5, 5.41) is 5.33. The Balaban J connectivity index is 0.00000139. The van der Waals surface area contributed by atoms with Gasteiger partial charge in [-0.15, -0.1) is 0 Å². The van der Waals surface area contributed by atoms with Crippen molar-refractivity contribution >= 4 is 30.9 Å². The highest BCUT2D eigenvalue weighted by molar-refractivity contribution is 5.95. The minimum atomic E-state index is -0.0968. The molecule has 0 aromatic heterocycles. The van der Waals surface area contributed by atoms with E-state index in [0.29, 0.717) is 25.9 Å². The third-order valence-electron chi connectivity index (χ3n) is 3.53. The van der Waals surface area contributed by atoms with E-state index in [2.05, 4.69) is 21.6 Å². The van der Waals surface area contributed by atoms with Gasteiger partial charge in [-0.1, -0.05) is 30.4 Å². The first kappa shape index (κ1) is 19.2. The molecule has 0 heterocycles. The highest BCUT2D eigenvalue weighted by Gasteiger charge is 2.15. The molecule has 1 aliphatic carbocycles. The Morgan fingerprint density at radius 3 is 2.71 bits per heavy atom. The molecule has 2 rings (SSSR count). The second kappa shape index (κ2) is 9.99. The molecule has 6 nitrogen and oxygen atoms in total. The second-order valence-electron chi connectivity index (χ2n) is 5.30. The molecule has 0 bridgehead atoms. The van der Waals surface area contributed by atoms with Gasteiger partial charge >= 0.3 is 0 Å². The van der Waals surface area contributed by atoms with Crippen molar-refractivity contribution in [1.29, 1.82) is 0 Å². The van der Waals surface area contributed by atoms with Crippen molar-refractivity contribution < 1.29 is 14.4 Å². The minimum absolute atomic E-state index is 0.0968. The van der Waals surface area contributed by atoms with E-state index in [-0.39, 0.29) is 5.91 Å². The quantitative estimate of drug-likeness (QED) is 0.601. The fourth-order valence-corrected chi connectivity index (χ4v) is 2.44. The van der Waals surface area contributed by atoms with Crippen LogP contribution in [0.4, 0.5) is 5.69 Å². The molecular formula is C18H23N3O3. The Bertz CT molecular complexity index is 636. The van der Waals surface area contributed by atoms with E-state index >= 15 is 0 Å². The second-order valence-corrected chi connectivity index (χ2v) is 5.30. The van der Waals surface area contributed by atoms with E-state index < -0.39 is 0 Å². The Kier molecular flexibility index (Phi) is 7.98. The van der Waals surface area contributed by atoms with Crippen LogP contribution in [0.5, 0.6) is 0 Å². The fourth-order valence-electron chi connectivity index (χ4n) is 2.44. The number of nitrogens with zero attached hydrogens (tertiary/aromatic N) is 1. The first-order valence-corrected chi connectivity index (χ1v) is 7.54. The van der Waals surface area contributed by atoms with E-state index in [9.17, 15) is 9.59 Å². The highest BCUT2D eigenvalue weighted by Crippen LogP contribution is 2.27. The Labute approximate surface area is 142 Å². The first-order valence-electron chi connectivity index (χ1n) is 7.54. The lowest BCUT2D eigenvalue weighted by atomic mass is 9.99. The van der Waals surface area contributed by atoms with E-state index in [1.54, 1.807) is 0 Å². The maximum atomic E-state index is 12.2. The van der Waals surface area contributed by atoms with Gasteiger partial charge in [0.25, 0.3) is 0 Å². The lowest BCUT2D eigenvalue weighted by Crippen LogP contribution is -2.32. The number of carbonyl (C=O) groups excluding carboxylic acids is 3. The summed E-state index contributed by atoms with van der Waals surface area (Å²) < 4.78 is 0. The monoisotopic (exact) mass is 329 g/mol. The molecule has 2 amide bonds. The SMILES string of the molecule is C=O.CN(C)c1cccc2c1C=CC=C(C(=O)NCCNC=O)C2. The molecule has 0 atom stereocenters.